The summed E-state index contributed by atoms with van der Waals surface area (Å²) in [6, 6.07) is 8.05. The highest BCUT2D eigenvalue weighted by Gasteiger charge is 2.19. The van der Waals surface area contributed by atoms with Crippen molar-refractivity contribution in [1.82, 2.24) is 9.88 Å². The number of anilines is 1. The predicted octanol–water partition coefficient (Wildman–Crippen LogP) is 1.64. The number of H-pyrrole nitrogens is 1. The summed E-state index contributed by atoms with van der Waals surface area (Å²) < 4.78 is 31.1. The molecule has 0 atom stereocenters. The Bertz CT molecular complexity index is 1280. The Morgan fingerprint density at radius 3 is 2.42 bits per heavy atom. The first-order chi connectivity index (χ1) is 14.9. The molecule has 1 heterocycles. The maximum atomic E-state index is 13.1. The topological polar surface area (TPSA) is 186 Å². The molecule has 0 spiro atoms. The van der Waals surface area contributed by atoms with Crippen LogP contribution in [0.3, 0.4) is 0 Å². The van der Waals surface area contributed by atoms with E-state index in [9.17, 15) is 23.3 Å². The van der Waals surface area contributed by atoms with E-state index in [2.05, 4.69) is 15.2 Å². The molecule has 0 unspecified atom stereocenters. The van der Waals surface area contributed by atoms with E-state index in [1.165, 1.54) is 13.2 Å². The van der Waals surface area contributed by atoms with Crippen molar-refractivity contribution in [1.29, 1.82) is 0 Å². The summed E-state index contributed by atoms with van der Waals surface area (Å²) in [5.74, 6) is 0.554. The van der Waals surface area contributed by atoms with Crippen LogP contribution in [-0.2, 0) is 10.1 Å². The molecule has 13 heteroatoms. The summed E-state index contributed by atoms with van der Waals surface area (Å²) in [5.41, 5.74) is 0.942. The van der Waals surface area contributed by atoms with Crippen molar-refractivity contribution < 1.29 is 28.1 Å². The lowest BCUT2D eigenvalue weighted by Crippen LogP contribution is -2.17. The van der Waals surface area contributed by atoms with Gasteiger partial charge in [0.25, 0.3) is 15.8 Å². The molecule has 0 radical (unpaired) electrons. The molecule has 0 saturated carbocycles. The molecule has 0 aliphatic rings. The summed E-state index contributed by atoms with van der Waals surface area (Å²) in [6.45, 7) is 1.55. The standard InChI is InChI=1S/C19H22N4O4.CH4O3S.H2O/c1-22(2)10-4-9-20-15-7-8-16(23(25)26)18-17(15)19(24)13-11-12(27-3)5-6-14(13)21-18;1-5(2,3)4;/h5-8,11,20H,4,9-10H2,1-3H3,(H,21,24);1H3,(H,2,3,4);1H2. The van der Waals surface area contributed by atoms with Gasteiger partial charge in [0.1, 0.15) is 11.3 Å². The molecule has 0 fully saturated rings. The molecule has 0 saturated heterocycles. The van der Waals surface area contributed by atoms with Crippen LogP contribution < -0.4 is 15.5 Å². The van der Waals surface area contributed by atoms with Gasteiger partial charge in [0.15, 0.2) is 5.43 Å². The Morgan fingerprint density at radius 2 is 1.88 bits per heavy atom. The van der Waals surface area contributed by atoms with Gasteiger partial charge in [-0.05, 0) is 51.3 Å². The maximum Gasteiger partial charge on any atom is 0.293 e. The van der Waals surface area contributed by atoms with Crippen molar-refractivity contribution in [2.45, 2.75) is 6.42 Å². The molecule has 33 heavy (non-hydrogen) atoms. The number of fused-ring (bicyclic) bond motifs is 2. The number of non-ortho nitro benzene ring substituents is 1. The van der Waals surface area contributed by atoms with E-state index in [-0.39, 0.29) is 27.5 Å². The second-order valence-corrected chi connectivity index (χ2v) is 8.79. The first kappa shape index (κ1) is 27.8. The van der Waals surface area contributed by atoms with E-state index in [0.717, 1.165) is 13.0 Å². The zero-order chi connectivity index (χ0) is 24.1. The third-order valence-electron chi connectivity index (χ3n) is 4.44. The summed E-state index contributed by atoms with van der Waals surface area (Å²) in [4.78, 5) is 29.2. The first-order valence-electron chi connectivity index (χ1n) is 9.54. The molecule has 0 aliphatic carbocycles. The van der Waals surface area contributed by atoms with Crippen LogP contribution in [0.4, 0.5) is 11.4 Å². The van der Waals surface area contributed by atoms with Crippen LogP contribution in [0.5, 0.6) is 5.75 Å². The van der Waals surface area contributed by atoms with Gasteiger partial charge in [-0.1, -0.05) is 0 Å². The minimum atomic E-state index is -3.67. The van der Waals surface area contributed by atoms with Gasteiger partial charge in [-0.3, -0.25) is 19.5 Å². The molecule has 3 aromatic rings. The van der Waals surface area contributed by atoms with Crippen LogP contribution in [0.1, 0.15) is 6.42 Å². The van der Waals surface area contributed by atoms with E-state index >= 15 is 0 Å². The fourth-order valence-electron chi connectivity index (χ4n) is 3.09. The van der Waals surface area contributed by atoms with Crippen LogP contribution in [0.2, 0.25) is 0 Å². The summed E-state index contributed by atoms with van der Waals surface area (Å²) in [5, 5.41) is 15.4. The van der Waals surface area contributed by atoms with Gasteiger partial charge in [0, 0.05) is 23.7 Å². The SMILES string of the molecule is COc1ccc2[nH]c3c([N+](=O)[O-])ccc(NCCCN(C)C)c3c(=O)c2c1.CS(=O)(=O)O.O. The van der Waals surface area contributed by atoms with Gasteiger partial charge in [0.05, 0.1) is 29.2 Å². The predicted molar refractivity (Wildman–Crippen MR) is 128 cm³/mol. The highest BCUT2D eigenvalue weighted by Crippen LogP contribution is 2.30. The number of hydrogen-bond acceptors (Lipinski definition) is 8. The molecule has 0 amide bonds. The van der Waals surface area contributed by atoms with Crippen molar-refractivity contribution in [3.8, 4) is 5.75 Å². The Hall–Kier alpha value is -3.26. The smallest absolute Gasteiger partial charge is 0.293 e. The van der Waals surface area contributed by atoms with E-state index in [1.54, 1.807) is 24.3 Å². The Balaban J connectivity index is 0.000000821. The number of aromatic amines is 1. The monoisotopic (exact) mass is 484 g/mol. The van der Waals surface area contributed by atoms with Gasteiger partial charge in [-0.2, -0.15) is 8.42 Å². The summed E-state index contributed by atoms with van der Waals surface area (Å²) in [7, 11) is 1.84. The Morgan fingerprint density at radius 1 is 1.24 bits per heavy atom. The number of methoxy groups -OCH3 is 1. The third kappa shape index (κ3) is 7.68. The number of nitrogens with zero attached hydrogens (tertiary/aromatic N) is 2. The van der Waals surface area contributed by atoms with E-state index < -0.39 is 15.0 Å². The average Bonchev–Trinajstić information content (AvgIpc) is 2.69. The number of nitro benzene ring substituents is 1. The molecular weight excluding hydrogens is 456 g/mol. The van der Waals surface area contributed by atoms with Crippen LogP contribution in [0.15, 0.2) is 35.1 Å². The second-order valence-electron chi connectivity index (χ2n) is 7.32. The molecule has 5 N–H and O–H groups in total. The third-order valence-corrected chi connectivity index (χ3v) is 4.44. The fourth-order valence-corrected chi connectivity index (χ4v) is 3.09. The highest BCUT2D eigenvalue weighted by molar-refractivity contribution is 7.85. The van der Waals surface area contributed by atoms with Gasteiger partial charge >= 0.3 is 0 Å². The van der Waals surface area contributed by atoms with E-state index in [0.29, 0.717) is 35.1 Å². The lowest BCUT2D eigenvalue weighted by atomic mass is 10.1. The van der Waals surface area contributed by atoms with Crippen LogP contribution in [0.25, 0.3) is 21.8 Å². The van der Waals surface area contributed by atoms with Crippen LogP contribution in [0, 0.1) is 10.1 Å². The number of pyridine rings is 1. The number of benzene rings is 2. The number of rotatable bonds is 7. The average molecular weight is 485 g/mol. The lowest BCUT2D eigenvalue weighted by Gasteiger charge is -2.13. The summed E-state index contributed by atoms with van der Waals surface area (Å²) in [6.07, 6.45) is 1.60. The van der Waals surface area contributed by atoms with Crippen molar-refractivity contribution in [3.05, 3.63) is 50.7 Å². The number of aromatic nitrogens is 1. The molecule has 0 aliphatic heterocycles. The highest BCUT2D eigenvalue weighted by atomic mass is 32.2. The van der Waals surface area contributed by atoms with Crippen molar-refractivity contribution >= 4 is 43.3 Å². The first-order valence-corrected chi connectivity index (χ1v) is 11.4. The van der Waals surface area contributed by atoms with E-state index in [1.807, 2.05) is 14.1 Å². The zero-order valence-electron chi connectivity index (χ0n) is 18.7. The van der Waals surface area contributed by atoms with Gasteiger partial charge in [-0.25, -0.2) is 0 Å². The quantitative estimate of drug-likeness (QED) is 0.147. The Labute approximate surface area is 190 Å². The molecule has 1 aromatic heterocycles. The van der Waals surface area contributed by atoms with Gasteiger partial charge < -0.3 is 25.4 Å². The van der Waals surface area contributed by atoms with E-state index in [4.69, 9.17) is 9.29 Å². The van der Waals surface area contributed by atoms with Crippen molar-refractivity contribution in [3.63, 3.8) is 0 Å². The number of ether oxygens (including phenoxy) is 1. The Kier molecular flexibility index (Phi) is 9.73. The minimum absolute atomic E-state index is 0. The molecule has 0 bridgehead atoms. The minimum Gasteiger partial charge on any atom is -0.497 e. The number of nitrogens with one attached hydrogen (secondary N) is 2. The molecule has 12 nitrogen and oxygen atoms in total. The van der Waals surface area contributed by atoms with Crippen molar-refractivity contribution in [2.24, 2.45) is 0 Å². The largest absolute Gasteiger partial charge is 0.497 e. The van der Waals surface area contributed by atoms with Gasteiger partial charge in [-0.15, -0.1) is 0 Å². The fraction of sp³-hybridized carbons (Fsp3) is 0.350. The van der Waals surface area contributed by atoms with Gasteiger partial charge in [0.2, 0.25) is 0 Å². The number of hydrogen-bond donors (Lipinski definition) is 3. The molecule has 2 aromatic carbocycles. The molecule has 3 rings (SSSR count). The summed E-state index contributed by atoms with van der Waals surface area (Å²) >= 11 is 0. The second kappa shape index (κ2) is 11.6. The zero-order valence-corrected chi connectivity index (χ0v) is 19.5. The maximum absolute atomic E-state index is 13.1. The lowest BCUT2D eigenvalue weighted by molar-refractivity contribution is -0.383. The van der Waals surface area contributed by atoms with Crippen LogP contribution >= 0.6 is 0 Å². The number of nitro groups is 1. The van der Waals surface area contributed by atoms with Crippen molar-refractivity contribution in [2.75, 3.05) is 45.9 Å². The molecule has 182 valence electrons. The normalized spacial score (nSPS) is 11.0. The molecular formula is C20H28N4O8S. The van der Waals surface area contributed by atoms with Crippen LogP contribution in [-0.4, -0.2) is 73.8 Å².